The van der Waals surface area contributed by atoms with Crippen molar-refractivity contribution in [1.82, 2.24) is 4.31 Å². The first kappa shape index (κ1) is 14.5. The molecule has 6 heteroatoms. The molecular weight excluding hydrogens is 252 g/mol. The second-order valence-electron chi connectivity index (χ2n) is 3.65. The molecule has 98 valence electrons. The van der Waals surface area contributed by atoms with Crippen LogP contribution in [0.25, 0.3) is 0 Å². The SMILES string of the molecule is CCN(CC#N)S(=O)(=O)Cc1ccccc1OC. The van der Waals surface area contributed by atoms with Crippen LogP contribution in [-0.2, 0) is 15.8 Å². The number of benzene rings is 1. The van der Waals surface area contributed by atoms with Gasteiger partial charge in [-0.15, -0.1) is 0 Å². The molecule has 1 rings (SSSR count). The second kappa shape index (κ2) is 6.38. The van der Waals surface area contributed by atoms with Crippen LogP contribution in [0.15, 0.2) is 24.3 Å². The third kappa shape index (κ3) is 3.45. The molecule has 0 radical (unpaired) electrons. The Kier molecular flexibility index (Phi) is 5.13. The third-order valence-electron chi connectivity index (χ3n) is 2.52. The molecule has 0 unspecified atom stereocenters. The Morgan fingerprint density at radius 2 is 2.06 bits per heavy atom. The summed E-state index contributed by atoms with van der Waals surface area (Å²) in [4.78, 5) is 0. The highest BCUT2D eigenvalue weighted by Crippen LogP contribution is 2.21. The van der Waals surface area contributed by atoms with Crippen molar-refractivity contribution in [2.45, 2.75) is 12.7 Å². The first-order valence-corrected chi connectivity index (χ1v) is 7.12. The van der Waals surface area contributed by atoms with E-state index in [-0.39, 0.29) is 18.8 Å². The zero-order valence-electron chi connectivity index (χ0n) is 10.5. The van der Waals surface area contributed by atoms with Gasteiger partial charge in [0, 0.05) is 12.1 Å². The van der Waals surface area contributed by atoms with Crippen molar-refractivity contribution >= 4 is 10.0 Å². The molecule has 1 aromatic rings. The molecule has 0 amide bonds. The van der Waals surface area contributed by atoms with Gasteiger partial charge in [0.05, 0.1) is 18.9 Å². The van der Waals surface area contributed by atoms with Crippen LogP contribution in [0.1, 0.15) is 12.5 Å². The lowest BCUT2D eigenvalue weighted by Crippen LogP contribution is -2.32. The van der Waals surface area contributed by atoms with Gasteiger partial charge in [0.25, 0.3) is 0 Å². The van der Waals surface area contributed by atoms with Crippen LogP contribution in [0, 0.1) is 11.3 Å². The summed E-state index contributed by atoms with van der Waals surface area (Å²) in [7, 11) is -1.99. The second-order valence-corrected chi connectivity index (χ2v) is 5.62. The molecule has 0 fully saturated rings. The smallest absolute Gasteiger partial charge is 0.219 e. The predicted octanol–water partition coefficient (Wildman–Crippen LogP) is 1.37. The number of hydrogen-bond acceptors (Lipinski definition) is 4. The van der Waals surface area contributed by atoms with Crippen molar-refractivity contribution in [2.75, 3.05) is 20.2 Å². The van der Waals surface area contributed by atoms with Crippen LogP contribution < -0.4 is 4.74 Å². The standard InChI is InChI=1S/C12H16N2O3S/c1-3-14(9-8-13)18(15,16)10-11-6-4-5-7-12(11)17-2/h4-7H,3,9-10H2,1-2H3. The summed E-state index contributed by atoms with van der Waals surface area (Å²) >= 11 is 0. The Labute approximate surface area is 108 Å². The van der Waals surface area contributed by atoms with Crippen LogP contribution in [0.2, 0.25) is 0 Å². The van der Waals surface area contributed by atoms with Gasteiger partial charge in [-0.05, 0) is 6.07 Å². The van der Waals surface area contributed by atoms with E-state index in [2.05, 4.69) is 0 Å². The van der Waals surface area contributed by atoms with E-state index in [0.29, 0.717) is 11.3 Å². The maximum atomic E-state index is 12.1. The molecule has 0 bridgehead atoms. The van der Waals surface area contributed by atoms with E-state index in [9.17, 15) is 8.42 Å². The van der Waals surface area contributed by atoms with Crippen LogP contribution >= 0.6 is 0 Å². The van der Waals surface area contributed by atoms with E-state index >= 15 is 0 Å². The van der Waals surface area contributed by atoms with Crippen molar-refractivity contribution < 1.29 is 13.2 Å². The first-order chi connectivity index (χ1) is 8.55. The Bertz CT molecular complexity index is 534. The Hall–Kier alpha value is -1.58. The molecule has 5 nitrogen and oxygen atoms in total. The van der Waals surface area contributed by atoms with Crippen LogP contribution in [0.3, 0.4) is 0 Å². The van der Waals surface area contributed by atoms with Gasteiger partial charge in [-0.1, -0.05) is 25.1 Å². The number of ether oxygens (including phenoxy) is 1. The summed E-state index contributed by atoms with van der Waals surface area (Å²) in [5.74, 6) is 0.376. The molecule has 0 aromatic heterocycles. The fourth-order valence-corrected chi connectivity index (χ4v) is 3.06. The lowest BCUT2D eigenvalue weighted by Gasteiger charge is -2.18. The van der Waals surface area contributed by atoms with Gasteiger partial charge in [0.1, 0.15) is 12.3 Å². The molecule has 0 heterocycles. The van der Waals surface area contributed by atoms with E-state index < -0.39 is 10.0 Å². The van der Waals surface area contributed by atoms with Gasteiger partial charge in [0.15, 0.2) is 0 Å². The zero-order valence-corrected chi connectivity index (χ0v) is 11.3. The summed E-state index contributed by atoms with van der Waals surface area (Å²) in [5.41, 5.74) is 0.594. The van der Waals surface area contributed by atoms with Crippen molar-refractivity contribution in [3.63, 3.8) is 0 Å². The van der Waals surface area contributed by atoms with Crippen LogP contribution in [0.5, 0.6) is 5.75 Å². The molecular formula is C12H16N2O3S. The summed E-state index contributed by atoms with van der Waals surface area (Å²) in [6.07, 6.45) is 0. The van der Waals surface area contributed by atoms with E-state index in [4.69, 9.17) is 10.00 Å². The Balaban J connectivity index is 2.98. The maximum Gasteiger partial charge on any atom is 0.219 e. The van der Waals surface area contributed by atoms with Crippen LogP contribution in [0.4, 0.5) is 0 Å². The zero-order chi connectivity index (χ0) is 13.6. The van der Waals surface area contributed by atoms with Gasteiger partial charge in [0.2, 0.25) is 10.0 Å². The summed E-state index contributed by atoms with van der Waals surface area (Å²) in [6.45, 7) is 1.86. The van der Waals surface area contributed by atoms with Gasteiger partial charge in [-0.25, -0.2) is 8.42 Å². The Morgan fingerprint density at radius 3 is 2.61 bits per heavy atom. The molecule has 0 N–H and O–H groups in total. The molecule has 0 aliphatic carbocycles. The number of hydrogen-bond donors (Lipinski definition) is 0. The summed E-state index contributed by atoms with van der Waals surface area (Å²) in [6, 6.07) is 8.81. The minimum atomic E-state index is -3.49. The molecule has 0 spiro atoms. The number of methoxy groups -OCH3 is 1. The highest BCUT2D eigenvalue weighted by molar-refractivity contribution is 7.88. The van der Waals surface area contributed by atoms with Crippen molar-refractivity contribution in [2.24, 2.45) is 0 Å². The van der Waals surface area contributed by atoms with Gasteiger partial charge < -0.3 is 4.74 Å². The molecule has 0 saturated heterocycles. The minimum Gasteiger partial charge on any atom is -0.496 e. The topological polar surface area (TPSA) is 70.4 Å². The third-order valence-corrected chi connectivity index (χ3v) is 4.37. The lowest BCUT2D eigenvalue weighted by atomic mass is 10.2. The van der Waals surface area contributed by atoms with Crippen molar-refractivity contribution in [3.05, 3.63) is 29.8 Å². The molecule has 1 aromatic carbocycles. The van der Waals surface area contributed by atoms with Gasteiger partial charge >= 0.3 is 0 Å². The van der Waals surface area contributed by atoms with Crippen LogP contribution in [-0.4, -0.2) is 32.9 Å². The summed E-state index contributed by atoms with van der Waals surface area (Å²) < 4.78 is 30.5. The van der Waals surface area contributed by atoms with Gasteiger partial charge in [-0.3, -0.25) is 0 Å². The normalized spacial score (nSPS) is 11.2. The molecule has 0 aliphatic heterocycles. The largest absolute Gasteiger partial charge is 0.496 e. The molecule has 0 atom stereocenters. The fourth-order valence-electron chi connectivity index (χ4n) is 1.60. The van der Waals surface area contributed by atoms with Gasteiger partial charge in [-0.2, -0.15) is 9.57 Å². The molecule has 0 aliphatic rings. The van der Waals surface area contributed by atoms with Crippen molar-refractivity contribution in [3.8, 4) is 11.8 Å². The highest BCUT2D eigenvalue weighted by atomic mass is 32.2. The van der Waals surface area contributed by atoms with Crippen molar-refractivity contribution in [1.29, 1.82) is 5.26 Å². The molecule has 18 heavy (non-hydrogen) atoms. The first-order valence-electron chi connectivity index (χ1n) is 5.51. The van der Waals surface area contributed by atoms with E-state index in [1.54, 1.807) is 31.2 Å². The fraction of sp³-hybridized carbons (Fsp3) is 0.417. The highest BCUT2D eigenvalue weighted by Gasteiger charge is 2.22. The average Bonchev–Trinajstić information content (AvgIpc) is 2.35. The number of sulfonamides is 1. The van der Waals surface area contributed by atoms with E-state index in [1.165, 1.54) is 7.11 Å². The number of para-hydroxylation sites is 1. The predicted molar refractivity (Wildman–Crippen MR) is 68.5 cm³/mol. The summed E-state index contributed by atoms with van der Waals surface area (Å²) in [5, 5.41) is 8.62. The number of nitrogens with zero attached hydrogens (tertiary/aromatic N) is 2. The monoisotopic (exact) mass is 268 g/mol. The quantitative estimate of drug-likeness (QED) is 0.731. The minimum absolute atomic E-state index is 0.131. The number of nitriles is 1. The average molecular weight is 268 g/mol. The van der Waals surface area contributed by atoms with E-state index in [1.807, 2.05) is 6.07 Å². The molecule has 0 saturated carbocycles. The van der Waals surface area contributed by atoms with E-state index in [0.717, 1.165) is 4.31 Å². The lowest BCUT2D eigenvalue weighted by molar-refractivity contribution is 0.409. The number of rotatable bonds is 6. The maximum absolute atomic E-state index is 12.1. The Morgan fingerprint density at radius 1 is 1.39 bits per heavy atom.